The first kappa shape index (κ1) is 19.3. The molecule has 3 heterocycles. The van der Waals surface area contributed by atoms with Crippen molar-refractivity contribution in [3.8, 4) is 28.5 Å². The minimum absolute atomic E-state index is 0.303. The van der Waals surface area contributed by atoms with Crippen LogP contribution in [0.5, 0.6) is 5.75 Å². The summed E-state index contributed by atoms with van der Waals surface area (Å²) >= 11 is 0. The van der Waals surface area contributed by atoms with E-state index in [4.69, 9.17) is 0 Å². The van der Waals surface area contributed by atoms with E-state index in [0.717, 1.165) is 5.56 Å². The molecule has 0 spiro atoms. The number of hydrogen-bond donors (Lipinski definition) is 1. The third-order valence-electron chi connectivity index (χ3n) is 3.95. The maximum absolute atomic E-state index is 12.3. The molecule has 0 aliphatic heterocycles. The van der Waals surface area contributed by atoms with Crippen molar-refractivity contribution in [2.24, 2.45) is 0 Å². The van der Waals surface area contributed by atoms with Crippen LogP contribution >= 0.6 is 0 Å². The second kappa shape index (κ2) is 8.16. The number of aromatic nitrogens is 4. The minimum atomic E-state index is -4.74. The van der Waals surface area contributed by atoms with Gasteiger partial charge in [0, 0.05) is 35.9 Å². The summed E-state index contributed by atoms with van der Waals surface area (Å²) in [5.74, 6) is 0.615. The topological polar surface area (TPSA) is 72.8 Å². The highest BCUT2D eigenvalue weighted by atomic mass is 19.4. The predicted molar refractivity (Wildman–Crippen MR) is 105 cm³/mol. The van der Waals surface area contributed by atoms with E-state index >= 15 is 0 Å². The fraction of sp³-hybridized carbons (Fsp3) is 0.0476. The molecule has 0 bridgehead atoms. The molecule has 0 aliphatic carbocycles. The van der Waals surface area contributed by atoms with Crippen LogP contribution in [0.3, 0.4) is 0 Å². The quantitative estimate of drug-likeness (QED) is 0.486. The highest BCUT2D eigenvalue weighted by Crippen LogP contribution is 2.27. The zero-order valence-electron chi connectivity index (χ0n) is 15.3. The zero-order chi connectivity index (χ0) is 21.0. The number of nitrogens with zero attached hydrogens (tertiary/aromatic N) is 4. The lowest BCUT2D eigenvalue weighted by Gasteiger charge is -2.12. The van der Waals surface area contributed by atoms with Gasteiger partial charge in [0.25, 0.3) is 0 Å². The Labute approximate surface area is 169 Å². The summed E-state index contributed by atoms with van der Waals surface area (Å²) in [6.45, 7) is 0. The lowest BCUT2D eigenvalue weighted by atomic mass is 10.2. The average molecular weight is 409 g/mol. The molecule has 0 aliphatic rings. The first-order valence-electron chi connectivity index (χ1n) is 8.80. The van der Waals surface area contributed by atoms with Gasteiger partial charge in [-0.2, -0.15) is 0 Å². The van der Waals surface area contributed by atoms with E-state index in [1.54, 1.807) is 42.9 Å². The third-order valence-corrected chi connectivity index (χ3v) is 3.95. The van der Waals surface area contributed by atoms with Crippen LogP contribution in [0.2, 0.25) is 0 Å². The van der Waals surface area contributed by atoms with Crippen molar-refractivity contribution in [2.75, 3.05) is 5.32 Å². The van der Waals surface area contributed by atoms with Gasteiger partial charge < -0.3 is 10.1 Å². The number of nitrogens with one attached hydrogen (secondary N) is 1. The number of halogens is 3. The van der Waals surface area contributed by atoms with Gasteiger partial charge in [-0.15, -0.1) is 13.2 Å². The molecule has 4 rings (SSSR count). The van der Waals surface area contributed by atoms with Crippen LogP contribution in [0.25, 0.3) is 22.8 Å². The van der Waals surface area contributed by atoms with Gasteiger partial charge in [-0.3, -0.25) is 9.97 Å². The second-order valence-electron chi connectivity index (χ2n) is 6.11. The minimum Gasteiger partial charge on any atom is -0.406 e. The molecule has 0 unspecified atom stereocenters. The van der Waals surface area contributed by atoms with Gasteiger partial charge in [0.2, 0.25) is 0 Å². The summed E-state index contributed by atoms with van der Waals surface area (Å²) in [5.41, 5.74) is 2.56. The van der Waals surface area contributed by atoms with Crippen molar-refractivity contribution in [2.45, 2.75) is 6.36 Å². The normalized spacial score (nSPS) is 11.2. The number of benzene rings is 1. The molecule has 0 fully saturated rings. The maximum Gasteiger partial charge on any atom is 0.573 e. The van der Waals surface area contributed by atoms with E-state index in [1.807, 2.05) is 12.1 Å². The van der Waals surface area contributed by atoms with Crippen LogP contribution in [0.15, 0.2) is 79.3 Å². The van der Waals surface area contributed by atoms with Crippen molar-refractivity contribution in [3.63, 3.8) is 0 Å². The number of ether oxygens (including phenoxy) is 1. The molecule has 1 aromatic carbocycles. The smallest absolute Gasteiger partial charge is 0.406 e. The molecular formula is C21H14F3N5O. The first-order chi connectivity index (χ1) is 14.5. The van der Waals surface area contributed by atoms with Crippen molar-refractivity contribution in [1.82, 2.24) is 19.9 Å². The van der Waals surface area contributed by atoms with E-state index < -0.39 is 6.36 Å². The van der Waals surface area contributed by atoms with Gasteiger partial charge in [0.1, 0.15) is 11.6 Å². The molecule has 3 aromatic heterocycles. The van der Waals surface area contributed by atoms with E-state index in [-0.39, 0.29) is 5.75 Å². The van der Waals surface area contributed by atoms with Crippen LogP contribution in [-0.2, 0) is 0 Å². The predicted octanol–water partition coefficient (Wildman–Crippen LogP) is 5.24. The van der Waals surface area contributed by atoms with Crippen molar-refractivity contribution < 1.29 is 17.9 Å². The molecule has 0 saturated heterocycles. The van der Waals surface area contributed by atoms with Crippen LogP contribution in [-0.4, -0.2) is 26.3 Å². The van der Waals surface area contributed by atoms with Gasteiger partial charge in [0.15, 0.2) is 5.82 Å². The van der Waals surface area contributed by atoms with Gasteiger partial charge in [0.05, 0.1) is 11.4 Å². The van der Waals surface area contributed by atoms with Crippen LogP contribution in [0.4, 0.5) is 24.7 Å². The zero-order valence-corrected chi connectivity index (χ0v) is 15.3. The Morgan fingerprint density at radius 1 is 0.800 bits per heavy atom. The molecule has 0 amide bonds. The maximum atomic E-state index is 12.3. The Balaban J connectivity index is 1.67. The highest BCUT2D eigenvalue weighted by molar-refractivity contribution is 5.68. The molecule has 0 radical (unpaired) electrons. The number of rotatable bonds is 5. The van der Waals surface area contributed by atoms with Gasteiger partial charge >= 0.3 is 6.36 Å². The lowest BCUT2D eigenvalue weighted by molar-refractivity contribution is -0.274. The van der Waals surface area contributed by atoms with E-state index in [1.165, 1.54) is 24.3 Å². The van der Waals surface area contributed by atoms with E-state index in [9.17, 15) is 13.2 Å². The molecule has 9 heteroatoms. The highest BCUT2D eigenvalue weighted by Gasteiger charge is 2.30. The standard InChI is InChI=1S/C21H14F3N5O/c22-21(23,24)30-16-6-4-15(5-7-16)27-19-13-18(17-3-1-2-10-26-17)28-20(29-19)14-8-11-25-12-9-14/h1-13H,(H,27,28,29). The summed E-state index contributed by atoms with van der Waals surface area (Å²) in [6, 6.07) is 16.1. The summed E-state index contributed by atoms with van der Waals surface area (Å²) in [4.78, 5) is 17.4. The van der Waals surface area contributed by atoms with Gasteiger partial charge in [-0.1, -0.05) is 6.07 Å². The molecule has 1 N–H and O–H groups in total. The summed E-state index contributed by atoms with van der Waals surface area (Å²) < 4.78 is 40.9. The Morgan fingerprint density at radius 2 is 1.57 bits per heavy atom. The fourth-order valence-electron chi connectivity index (χ4n) is 2.67. The third kappa shape index (κ3) is 4.88. The molecule has 0 atom stereocenters. The van der Waals surface area contributed by atoms with Crippen LogP contribution in [0.1, 0.15) is 0 Å². The molecule has 4 aromatic rings. The fourth-order valence-corrected chi connectivity index (χ4v) is 2.67. The number of anilines is 2. The Kier molecular flexibility index (Phi) is 5.25. The molecular weight excluding hydrogens is 395 g/mol. The first-order valence-corrected chi connectivity index (χ1v) is 8.80. The van der Waals surface area contributed by atoms with Crippen molar-refractivity contribution >= 4 is 11.5 Å². The van der Waals surface area contributed by atoms with E-state index in [0.29, 0.717) is 28.7 Å². The van der Waals surface area contributed by atoms with Gasteiger partial charge in [-0.25, -0.2) is 9.97 Å². The Bertz CT molecular complexity index is 1060. The van der Waals surface area contributed by atoms with Crippen LogP contribution in [0, 0.1) is 0 Å². The molecule has 150 valence electrons. The Hall–Kier alpha value is -4.01. The van der Waals surface area contributed by atoms with Crippen molar-refractivity contribution in [3.05, 3.63) is 79.3 Å². The number of alkyl halides is 3. The largest absolute Gasteiger partial charge is 0.573 e. The molecule has 30 heavy (non-hydrogen) atoms. The van der Waals surface area contributed by atoms with E-state index in [2.05, 4.69) is 30.0 Å². The van der Waals surface area contributed by atoms with Crippen molar-refractivity contribution in [1.29, 1.82) is 0 Å². The SMILES string of the molecule is FC(F)(F)Oc1ccc(Nc2cc(-c3ccccn3)nc(-c3ccncc3)n2)cc1. The summed E-state index contributed by atoms with van der Waals surface area (Å²) in [5, 5.41) is 3.08. The van der Waals surface area contributed by atoms with Crippen LogP contribution < -0.4 is 10.1 Å². The summed E-state index contributed by atoms with van der Waals surface area (Å²) in [6.07, 6.45) is 0.200. The Morgan fingerprint density at radius 3 is 2.23 bits per heavy atom. The average Bonchev–Trinajstić information content (AvgIpc) is 2.75. The summed E-state index contributed by atoms with van der Waals surface area (Å²) in [7, 11) is 0. The van der Waals surface area contributed by atoms with Gasteiger partial charge in [-0.05, 0) is 48.5 Å². The number of pyridine rings is 2. The second-order valence-corrected chi connectivity index (χ2v) is 6.11. The number of hydrogen-bond acceptors (Lipinski definition) is 6. The monoisotopic (exact) mass is 409 g/mol. The molecule has 0 saturated carbocycles. The lowest BCUT2D eigenvalue weighted by Crippen LogP contribution is -2.16. The molecule has 6 nitrogen and oxygen atoms in total.